The molecular weight excluding hydrogens is 328 g/mol. The molecule has 3 rings (SSSR count). The number of benzene rings is 2. The molecule has 5 heteroatoms. The number of fused-ring (bicyclic) bond motifs is 1. The lowest BCUT2D eigenvalue weighted by Gasteiger charge is -2.12. The van der Waals surface area contributed by atoms with Crippen LogP contribution in [-0.4, -0.2) is 17.1 Å². The van der Waals surface area contributed by atoms with E-state index < -0.39 is 0 Å². The average Bonchev–Trinajstić information content (AvgIpc) is 2.64. The Morgan fingerprint density at radius 2 is 1.88 bits per heavy atom. The van der Waals surface area contributed by atoms with Gasteiger partial charge in [0.2, 0.25) is 0 Å². The number of pyridine rings is 1. The fourth-order valence-corrected chi connectivity index (χ4v) is 2.87. The number of aryl methyl sites for hydroxylation is 2. The summed E-state index contributed by atoms with van der Waals surface area (Å²) in [7, 11) is 0. The summed E-state index contributed by atoms with van der Waals surface area (Å²) in [6.45, 7) is 4.52. The van der Waals surface area contributed by atoms with Gasteiger partial charge in [-0.1, -0.05) is 31.2 Å². The minimum atomic E-state index is -0.240. The second-order valence-electron chi connectivity index (χ2n) is 6.18. The number of amides is 1. The van der Waals surface area contributed by atoms with E-state index in [-0.39, 0.29) is 18.1 Å². The summed E-state index contributed by atoms with van der Waals surface area (Å²) in [5.41, 5.74) is 1.71. The van der Waals surface area contributed by atoms with Crippen LogP contribution in [0.4, 0.5) is 5.69 Å². The second-order valence-corrected chi connectivity index (χ2v) is 6.18. The van der Waals surface area contributed by atoms with E-state index in [2.05, 4.69) is 5.32 Å². The highest BCUT2D eigenvalue weighted by atomic mass is 16.5. The minimum Gasteiger partial charge on any atom is -0.483 e. The maximum atomic E-state index is 12.5. The van der Waals surface area contributed by atoms with Crippen molar-refractivity contribution in [2.45, 2.75) is 26.8 Å². The van der Waals surface area contributed by atoms with Gasteiger partial charge in [0, 0.05) is 23.8 Å². The summed E-state index contributed by atoms with van der Waals surface area (Å²) >= 11 is 0. The molecule has 0 saturated carbocycles. The van der Waals surface area contributed by atoms with E-state index in [1.54, 1.807) is 29.0 Å². The minimum absolute atomic E-state index is 0.0424. The summed E-state index contributed by atoms with van der Waals surface area (Å²) in [5.74, 6) is 0.291. The molecule has 0 radical (unpaired) electrons. The molecule has 3 aromatic rings. The highest BCUT2D eigenvalue weighted by Gasteiger charge is 2.10. The first kappa shape index (κ1) is 17.7. The standard InChI is InChI=1S/C21H22N2O3/c1-3-12-23-13-11-16-17(21(23)25)8-6-10-19(16)26-14-20(24)22-18-9-5-4-7-15(18)2/h4-11,13H,3,12,14H2,1-2H3,(H,22,24). The number of carbonyl (C=O) groups excluding carboxylic acids is 1. The summed E-state index contributed by atoms with van der Waals surface area (Å²) in [6, 6.07) is 14.8. The molecule has 0 aliphatic carbocycles. The van der Waals surface area contributed by atoms with E-state index in [9.17, 15) is 9.59 Å². The molecule has 0 aliphatic heterocycles. The van der Waals surface area contributed by atoms with E-state index in [0.717, 1.165) is 17.7 Å². The first-order valence-electron chi connectivity index (χ1n) is 8.70. The van der Waals surface area contributed by atoms with Crippen molar-refractivity contribution in [1.29, 1.82) is 0 Å². The summed E-state index contributed by atoms with van der Waals surface area (Å²) in [4.78, 5) is 24.7. The van der Waals surface area contributed by atoms with Gasteiger partial charge in [-0.3, -0.25) is 9.59 Å². The Hall–Kier alpha value is -3.08. The Labute approximate surface area is 152 Å². The van der Waals surface area contributed by atoms with Crippen LogP contribution in [0.1, 0.15) is 18.9 Å². The van der Waals surface area contributed by atoms with E-state index in [0.29, 0.717) is 23.1 Å². The number of para-hydroxylation sites is 1. The quantitative estimate of drug-likeness (QED) is 0.737. The summed E-state index contributed by atoms with van der Waals surface area (Å²) in [6.07, 6.45) is 2.66. The molecule has 1 aromatic heterocycles. The van der Waals surface area contributed by atoms with Crippen LogP contribution in [0.5, 0.6) is 5.75 Å². The number of nitrogens with zero attached hydrogens (tertiary/aromatic N) is 1. The molecule has 0 bridgehead atoms. The van der Waals surface area contributed by atoms with Gasteiger partial charge in [-0.25, -0.2) is 0 Å². The number of carbonyl (C=O) groups is 1. The van der Waals surface area contributed by atoms with Crippen LogP contribution in [-0.2, 0) is 11.3 Å². The van der Waals surface area contributed by atoms with Crippen LogP contribution in [0.15, 0.2) is 59.5 Å². The van der Waals surface area contributed by atoms with Gasteiger partial charge in [0.05, 0.1) is 5.39 Å². The molecule has 2 aromatic carbocycles. The van der Waals surface area contributed by atoms with Crippen molar-refractivity contribution in [2.75, 3.05) is 11.9 Å². The third-order valence-corrected chi connectivity index (χ3v) is 4.22. The van der Waals surface area contributed by atoms with Crippen LogP contribution >= 0.6 is 0 Å². The highest BCUT2D eigenvalue weighted by Crippen LogP contribution is 2.23. The van der Waals surface area contributed by atoms with E-state index >= 15 is 0 Å². The van der Waals surface area contributed by atoms with Gasteiger partial charge in [-0.2, -0.15) is 0 Å². The van der Waals surface area contributed by atoms with E-state index in [1.807, 2.05) is 44.2 Å². The molecule has 134 valence electrons. The topological polar surface area (TPSA) is 60.3 Å². The number of hydrogen-bond acceptors (Lipinski definition) is 3. The summed E-state index contributed by atoms with van der Waals surface area (Å²) in [5, 5.41) is 4.15. The number of ether oxygens (including phenoxy) is 1. The normalized spacial score (nSPS) is 10.7. The van der Waals surface area contributed by atoms with Gasteiger partial charge in [0.1, 0.15) is 5.75 Å². The molecule has 1 N–H and O–H groups in total. The predicted octanol–water partition coefficient (Wildman–Crippen LogP) is 3.74. The van der Waals surface area contributed by atoms with E-state index in [1.165, 1.54) is 0 Å². The molecule has 1 amide bonds. The number of anilines is 1. The molecule has 5 nitrogen and oxygen atoms in total. The number of nitrogens with one attached hydrogen (secondary N) is 1. The SMILES string of the molecule is CCCn1ccc2c(OCC(=O)Nc3ccccc3C)cccc2c1=O. The van der Waals surface area contributed by atoms with Crippen molar-refractivity contribution < 1.29 is 9.53 Å². The smallest absolute Gasteiger partial charge is 0.262 e. The first-order valence-corrected chi connectivity index (χ1v) is 8.70. The Morgan fingerprint density at radius 1 is 1.08 bits per heavy atom. The molecule has 1 heterocycles. The first-order chi connectivity index (χ1) is 12.6. The van der Waals surface area contributed by atoms with Crippen LogP contribution < -0.4 is 15.6 Å². The van der Waals surface area contributed by atoms with Crippen molar-refractivity contribution >= 4 is 22.4 Å². The van der Waals surface area contributed by atoms with Gasteiger partial charge in [0.15, 0.2) is 6.61 Å². The van der Waals surface area contributed by atoms with Crippen molar-refractivity contribution in [3.05, 3.63) is 70.6 Å². The van der Waals surface area contributed by atoms with Gasteiger partial charge >= 0.3 is 0 Å². The Kier molecular flexibility index (Phi) is 5.37. The van der Waals surface area contributed by atoms with Crippen molar-refractivity contribution in [3.63, 3.8) is 0 Å². The van der Waals surface area contributed by atoms with Crippen LogP contribution in [0.2, 0.25) is 0 Å². The lowest BCUT2D eigenvalue weighted by atomic mass is 10.1. The van der Waals surface area contributed by atoms with E-state index in [4.69, 9.17) is 4.74 Å². The Bertz CT molecular complexity index is 992. The average molecular weight is 350 g/mol. The highest BCUT2D eigenvalue weighted by molar-refractivity contribution is 5.93. The molecule has 0 aliphatic rings. The lowest BCUT2D eigenvalue weighted by Crippen LogP contribution is -2.21. The van der Waals surface area contributed by atoms with Crippen LogP contribution in [0.25, 0.3) is 10.8 Å². The Balaban J connectivity index is 1.77. The van der Waals surface area contributed by atoms with Gasteiger partial charge in [-0.15, -0.1) is 0 Å². The monoisotopic (exact) mass is 350 g/mol. The maximum Gasteiger partial charge on any atom is 0.262 e. The van der Waals surface area contributed by atoms with Gasteiger partial charge < -0.3 is 14.6 Å². The van der Waals surface area contributed by atoms with Crippen molar-refractivity contribution in [1.82, 2.24) is 4.57 Å². The third-order valence-electron chi connectivity index (χ3n) is 4.22. The molecule has 0 saturated heterocycles. The zero-order valence-electron chi connectivity index (χ0n) is 15.0. The number of hydrogen-bond donors (Lipinski definition) is 1. The predicted molar refractivity (Wildman–Crippen MR) is 104 cm³/mol. The van der Waals surface area contributed by atoms with Crippen LogP contribution in [0.3, 0.4) is 0 Å². The fourth-order valence-electron chi connectivity index (χ4n) is 2.87. The zero-order chi connectivity index (χ0) is 18.5. The fraction of sp³-hybridized carbons (Fsp3) is 0.238. The Morgan fingerprint density at radius 3 is 2.65 bits per heavy atom. The summed E-state index contributed by atoms with van der Waals surface area (Å²) < 4.78 is 7.38. The maximum absolute atomic E-state index is 12.5. The number of aromatic nitrogens is 1. The lowest BCUT2D eigenvalue weighted by molar-refractivity contribution is -0.118. The largest absolute Gasteiger partial charge is 0.483 e. The van der Waals surface area contributed by atoms with Crippen LogP contribution in [0, 0.1) is 6.92 Å². The van der Waals surface area contributed by atoms with Crippen molar-refractivity contribution in [2.24, 2.45) is 0 Å². The molecule has 0 fully saturated rings. The molecule has 0 unspecified atom stereocenters. The molecule has 0 atom stereocenters. The zero-order valence-corrected chi connectivity index (χ0v) is 15.0. The third kappa shape index (κ3) is 3.77. The molecule has 0 spiro atoms. The molecule has 26 heavy (non-hydrogen) atoms. The van der Waals surface area contributed by atoms with Gasteiger partial charge in [0.25, 0.3) is 11.5 Å². The second kappa shape index (κ2) is 7.87. The molecular formula is C21H22N2O3. The van der Waals surface area contributed by atoms with Crippen molar-refractivity contribution in [3.8, 4) is 5.75 Å². The number of rotatable bonds is 6. The van der Waals surface area contributed by atoms with Gasteiger partial charge in [-0.05, 0) is 43.2 Å².